The van der Waals surface area contributed by atoms with Crippen molar-refractivity contribution >= 4 is 65.6 Å². The van der Waals surface area contributed by atoms with Crippen LogP contribution in [0.25, 0.3) is 111 Å². The molecule has 0 saturated heterocycles. The van der Waals surface area contributed by atoms with Crippen LogP contribution in [0.15, 0.2) is 199 Å². The SMILES string of the molecule is c1ccc(-c2cc(-c3ccccc3)nc(-c3ccc(-n4c5ccccc5c5c6oc7ccc(-n8c9ccccc9c9ccccc98)cc7c6ccc54)cc3)n2)cc1. The molecule has 8 aromatic carbocycles. The summed E-state index contributed by atoms with van der Waals surface area (Å²) < 4.78 is 11.5. The fourth-order valence-electron chi connectivity index (χ4n) is 8.74. The lowest BCUT2D eigenvalue weighted by molar-refractivity contribution is 0.673. The maximum absolute atomic E-state index is 6.80. The minimum Gasteiger partial charge on any atom is -0.455 e. The zero-order valence-electron chi connectivity index (χ0n) is 30.7. The normalized spacial score (nSPS) is 11.9. The molecule has 0 bridgehead atoms. The van der Waals surface area contributed by atoms with Crippen molar-refractivity contribution in [1.29, 1.82) is 0 Å². The maximum atomic E-state index is 6.80. The summed E-state index contributed by atoms with van der Waals surface area (Å²) in [5, 5.41) is 6.95. The van der Waals surface area contributed by atoms with Crippen molar-refractivity contribution in [2.24, 2.45) is 0 Å². The van der Waals surface area contributed by atoms with Crippen LogP contribution in [-0.4, -0.2) is 19.1 Å². The van der Waals surface area contributed by atoms with Crippen LogP contribution in [0.1, 0.15) is 0 Å². The highest BCUT2D eigenvalue weighted by Crippen LogP contribution is 2.42. The van der Waals surface area contributed by atoms with Crippen molar-refractivity contribution in [3.63, 3.8) is 0 Å². The fourth-order valence-corrected chi connectivity index (χ4v) is 8.74. The number of aromatic nitrogens is 4. The number of rotatable bonds is 5. The quantitative estimate of drug-likeness (QED) is 0.177. The van der Waals surface area contributed by atoms with Gasteiger partial charge in [-0.25, -0.2) is 9.97 Å². The van der Waals surface area contributed by atoms with E-state index in [2.05, 4.69) is 167 Å². The average molecular weight is 729 g/mol. The van der Waals surface area contributed by atoms with Crippen LogP contribution in [0.4, 0.5) is 0 Å². The number of hydrogen-bond acceptors (Lipinski definition) is 3. The molecule has 12 aromatic rings. The van der Waals surface area contributed by atoms with E-state index in [4.69, 9.17) is 14.4 Å². The van der Waals surface area contributed by atoms with Gasteiger partial charge in [-0.1, -0.05) is 115 Å². The van der Waals surface area contributed by atoms with Gasteiger partial charge in [-0.2, -0.15) is 0 Å². The third kappa shape index (κ3) is 4.89. The summed E-state index contributed by atoms with van der Waals surface area (Å²) in [6.07, 6.45) is 0. The summed E-state index contributed by atoms with van der Waals surface area (Å²) in [4.78, 5) is 10.1. The molecule has 0 atom stereocenters. The minimum absolute atomic E-state index is 0.688. The van der Waals surface area contributed by atoms with E-state index < -0.39 is 0 Å². The lowest BCUT2D eigenvalue weighted by atomic mass is 10.1. The second-order valence-corrected chi connectivity index (χ2v) is 14.6. The van der Waals surface area contributed by atoms with Gasteiger partial charge in [-0.15, -0.1) is 0 Å². The highest BCUT2D eigenvalue weighted by Gasteiger charge is 2.20. The van der Waals surface area contributed by atoms with E-state index in [9.17, 15) is 0 Å². The fraction of sp³-hybridized carbons (Fsp3) is 0. The zero-order chi connectivity index (χ0) is 37.5. The van der Waals surface area contributed by atoms with Crippen molar-refractivity contribution < 1.29 is 4.42 Å². The van der Waals surface area contributed by atoms with Crippen LogP contribution in [0.2, 0.25) is 0 Å². The van der Waals surface area contributed by atoms with Crippen LogP contribution in [0, 0.1) is 0 Å². The summed E-state index contributed by atoms with van der Waals surface area (Å²) in [7, 11) is 0. The van der Waals surface area contributed by atoms with Gasteiger partial charge in [-0.3, -0.25) is 0 Å². The first kappa shape index (κ1) is 31.6. The molecule has 4 aromatic heterocycles. The van der Waals surface area contributed by atoms with Crippen LogP contribution in [0.5, 0.6) is 0 Å². The zero-order valence-corrected chi connectivity index (χ0v) is 30.7. The Balaban J connectivity index is 1.00. The Morgan fingerprint density at radius 1 is 0.351 bits per heavy atom. The van der Waals surface area contributed by atoms with Gasteiger partial charge in [0.05, 0.1) is 38.8 Å². The summed E-state index contributed by atoms with van der Waals surface area (Å²) in [6, 6.07) is 68.2. The second-order valence-electron chi connectivity index (χ2n) is 14.6. The number of nitrogens with zero attached hydrogens (tertiary/aromatic N) is 4. The van der Waals surface area contributed by atoms with Crippen molar-refractivity contribution in [2.75, 3.05) is 0 Å². The van der Waals surface area contributed by atoms with Crippen LogP contribution < -0.4 is 0 Å². The number of furan rings is 1. The van der Waals surface area contributed by atoms with E-state index in [0.29, 0.717) is 5.82 Å². The molecule has 0 unspecified atom stereocenters. The van der Waals surface area contributed by atoms with Crippen LogP contribution in [0.3, 0.4) is 0 Å². The molecule has 0 saturated carbocycles. The molecule has 0 N–H and O–H groups in total. The van der Waals surface area contributed by atoms with E-state index in [1.165, 1.54) is 21.8 Å². The van der Waals surface area contributed by atoms with Gasteiger partial charge in [0, 0.05) is 55.0 Å². The van der Waals surface area contributed by atoms with Crippen molar-refractivity contribution in [2.45, 2.75) is 0 Å². The predicted molar refractivity (Wildman–Crippen MR) is 234 cm³/mol. The Kier molecular flexibility index (Phi) is 6.86. The summed E-state index contributed by atoms with van der Waals surface area (Å²) in [5.74, 6) is 0.688. The maximum Gasteiger partial charge on any atom is 0.160 e. The highest BCUT2D eigenvalue weighted by molar-refractivity contribution is 6.24. The number of fused-ring (bicyclic) bond motifs is 10. The van der Waals surface area contributed by atoms with E-state index >= 15 is 0 Å². The molecule has 57 heavy (non-hydrogen) atoms. The number of benzene rings is 8. The van der Waals surface area contributed by atoms with Gasteiger partial charge in [0.2, 0.25) is 0 Å². The van der Waals surface area contributed by atoms with Gasteiger partial charge in [0.1, 0.15) is 11.2 Å². The lowest BCUT2D eigenvalue weighted by Crippen LogP contribution is -1.97. The van der Waals surface area contributed by atoms with Crippen molar-refractivity contribution in [1.82, 2.24) is 19.1 Å². The number of hydrogen-bond donors (Lipinski definition) is 0. The summed E-state index contributed by atoms with van der Waals surface area (Å²) in [5.41, 5.74) is 13.4. The predicted octanol–water partition coefficient (Wildman–Crippen LogP) is 13.6. The number of para-hydroxylation sites is 3. The molecule has 4 heterocycles. The molecule has 0 radical (unpaired) electrons. The first-order valence-electron chi connectivity index (χ1n) is 19.2. The molecule has 0 amide bonds. The van der Waals surface area contributed by atoms with E-state index in [0.717, 1.165) is 83.2 Å². The van der Waals surface area contributed by atoms with Crippen LogP contribution in [-0.2, 0) is 0 Å². The Labute approximate surface area is 327 Å². The molecule has 0 aliphatic heterocycles. The summed E-state index contributed by atoms with van der Waals surface area (Å²) in [6.45, 7) is 0. The standard InChI is InChI=1S/C52H32N4O/c1-3-13-33(14-4-1)43-32-44(34-15-5-2-6-16-34)54-52(53-43)35-23-25-36(26-24-35)55-47-22-12-9-19-41(47)50-48(55)29-28-40-42-31-37(27-30-49(42)57-51(40)50)56-45-20-10-7-17-38(45)39-18-8-11-21-46(39)56/h1-32H. The smallest absolute Gasteiger partial charge is 0.160 e. The molecule has 0 aliphatic carbocycles. The largest absolute Gasteiger partial charge is 0.455 e. The second kappa shape index (κ2) is 12.4. The Morgan fingerprint density at radius 3 is 1.51 bits per heavy atom. The Bertz CT molecular complexity index is 3390. The average Bonchev–Trinajstić information content (AvgIpc) is 3.94. The first-order chi connectivity index (χ1) is 28.3. The van der Waals surface area contributed by atoms with E-state index in [1.54, 1.807) is 0 Å². The third-order valence-corrected chi connectivity index (χ3v) is 11.3. The Morgan fingerprint density at radius 2 is 0.877 bits per heavy atom. The molecule has 0 fully saturated rings. The molecular weight excluding hydrogens is 697 g/mol. The first-order valence-corrected chi connectivity index (χ1v) is 19.2. The minimum atomic E-state index is 0.688. The summed E-state index contributed by atoms with van der Waals surface area (Å²) >= 11 is 0. The van der Waals surface area contributed by atoms with Crippen molar-refractivity contribution in [3.8, 4) is 45.3 Å². The molecular formula is C52H32N4O. The van der Waals surface area contributed by atoms with Gasteiger partial charge in [0.25, 0.3) is 0 Å². The third-order valence-electron chi connectivity index (χ3n) is 11.3. The molecule has 5 heteroatoms. The molecule has 5 nitrogen and oxygen atoms in total. The van der Waals surface area contributed by atoms with Crippen molar-refractivity contribution in [3.05, 3.63) is 194 Å². The lowest BCUT2D eigenvalue weighted by Gasteiger charge is -2.11. The van der Waals surface area contributed by atoms with Crippen LogP contribution >= 0.6 is 0 Å². The van der Waals surface area contributed by atoms with E-state index in [1.807, 2.05) is 36.4 Å². The topological polar surface area (TPSA) is 48.8 Å². The van der Waals surface area contributed by atoms with E-state index in [-0.39, 0.29) is 0 Å². The molecule has 266 valence electrons. The Hall–Kier alpha value is -7.76. The van der Waals surface area contributed by atoms with Gasteiger partial charge in [0.15, 0.2) is 5.82 Å². The molecule has 0 aliphatic rings. The highest BCUT2D eigenvalue weighted by atomic mass is 16.3. The molecule has 0 spiro atoms. The monoisotopic (exact) mass is 728 g/mol. The molecule has 12 rings (SSSR count). The van der Waals surface area contributed by atoms with Gasteiger partial charge >= 0.3 is 0 Å². The van der Waals surface area contributed by atoms with Gasteiger partial charge < -0.3 is 13.6 Å². The van der Waals surface area contributed by atoms with Gasteiger partial charge in [-0.05, 0) is 78.9 Å².